The van der Waals surface area contributed by atoms with Crippen molar-refractivity contribution in [2.45, 2.75) is 31.9 Å². The summed E-state index contributed by atoms with van der Waals surface area (Å²) < 4.78 is 0. The van der Waals surface area contributed by atoms with Gasteiger partial charge in [0.15, 0.2) is 0 Å². The summed E-state index contributed by atoms with van der Waals surface area (Å²) in [5.74, 6) is 0. The molecule has 10 aromatic carbocycles. The van der Waals surface area contributed by atoms with Crippen molar-refractivity contribution in [2.24, 2.45) is 0 Å². The Labute approximate surface area is 369 Å². The summed E-state index contributed by atoms with van der Waals surface area (Å²) in [5.41, 5.74) is 18.4. The third kappa shape index (κ3) is 4.68. The molecule has 1 unspecified atom stereocenters. The Hall–Kier alpha value is -6.98. The number of rotatable bonds is 2. The summed E-state index contributed by atoms with van der Waals surface area (Å²) in [6.45, 7) is 2.45. The molecule has 1 atom stereocenters. The molecule has 62 heavy (non-hydrogen) atoms. The van der Waals surface area contributed by atoms with Crippen LogP contribution in [0.3, 0.4) is 0 Å². The van der Waals surface area contributed by atoms with E-state index in [1.807, 2.05) is 23.5 Å². The number of benzene rings is 10. The zero-order chi connectivity index (χ0) is 40.7. The van der Waals surface area contributed by atoms with Crippen molar-refractivity contribution in [1.82, 2.24) is 0 Å². The van der Waals surface area contributed by atoms with Crippen molar-refractivity contribution < 1.29 is 0 Å². The van der Waals surface area contributed by atoms with E-state index < -0.39 is 0 Å². The van der Waals surface area contributed by atoms with Crippen LogP contribution >= 0.6 is 23.5 Å². The van der Waals surface area contributed by atoms with Gasteiger partial charge in [0.1, 0.15) is 0 Å². The Morgan fingerprint density at radius 1 is 0.355 bits per heavy atom. The van der Waals surface area contributed by atoms with E-state index in [0.717, 1.165) is 11.4 Å². The molecule has 0 fully saturated rings. The summed E-state index contributed by atoms with van der Waals surface area (Å²) in [5, 5.41) is 4.97. The van der Waals surface area contributed by atoms with Crippen LogP contribution in [-0.2, 0) is 5.41 Å². The van der Waals surface area contributed by atoms with Crippen molar-refractivity contribution in [2.75, 3.05) is 9.80 Å². The van der Waals surface area contributed by atoms with E-state index in [2.05, 4.69) is 217 Å². The Morgan fingerprint density at radius 3 is 1.52 bits per heavy atom. The van der Waals surface area contributed by atoms with Gasteiger partial charge in [0.25, 0.3) is 0 Å². The molecule has 4 aliphatic rings. The van der Waals surface area contributed by atoms with Gasteiger partial charge >= 0.3 is 0 Å². The summed E-state index contributed by atoms with van der Waals surface area (Å²) in [6, 6.07) is 75.6. The van der Waals surface area contributed by atoms with E-state index in [4.69, 9.17) is 0 Å². The standard InChI is InChI=1S/C58H36N2S2/c1-58-37-24-30-55-51(32-37)60(50-19-9-12-22-54(50)62-55)39-26-28-42-45(34-39)57(36-23-27-41(47(58)31-36)40-15-5-6-16-46(40)58)43-29-25-38(33-44(43)56(42)35-13-3-2-4-14-35)59-48-17-7-10-20-52(48)61-53-21-11-8-18-49(53)59/h2-34H,1H3. The topological polar surface area (TPSA) is 6.48 Å². The highest BCUT2D eigenvalue weighted by Gasteiger charge is 2.42. The highest BCUT2D eigenvalue weighted by molar-refractivity contribution is 8.00. The van der Waals surface area contributed by atoms with Gasteiger partial charge in [-0.25, -0.2) is 0 Å². The van der Waals surface area contributed by atoms with Crippen LogP contribution in [0.1, 0.15) is 23.6 Å². The van der Waals surface area contributed by atoms with Crippen molar-refractivity contribution in [3.05, 3.63) is 217 Å². The van der Waals surface area contributed by atoms with Crippen LogP contribution < -0.4 is 9.80 Å². The number of hydrogen-bond acceptors (Lipinski definition) is 4. The zero-order valence-corrected chi connectivity index (χ0v) is 35.4. The maximum Gasteiger partial charge on any atom is 0.0604 e. The minimum atomic E-state index is -0.365. The lowest BCUT2D eigenvalue weighted by Crippen LogP contribution is -2.24. The van der Waals surface area contributed by atoms with E-state index in [1.54, 1.807) is 0 Å². The van der Waals surface area contributed by atoms with Crippen LogP contribution in [0.5, 0.6) is 0 Å². The average Bonchev–Trinajstić information content (AvgIpc) is 3.58. The van der Waals surface area contributed by atoms with Crippen molar-refractivity contribution in [1.29, 1.82) is 0 Å². The van der Waals surface area contributed by atoms with Crippen molar-refractivity contribution >= 4 is 79.2 Å². The quantitative estimate of drug-likeness (QED) is 0.160. The maximum atomic E-state index is 2.53. The monoisotopic (exact) mass is 824 g/mol. The van der Waals surface area contributed by atoms with Gasteiger partial charge in [0.05, 0.1) is 22.7 Å². The first-order valence-corrected chi connectivity index (χ1v) is 23.0. The van der Waals surface area contributed by atoms with Gasteiger partial charge in [-0.15, -0.1) is 0 Å². The van der Waals surface area contributed by atoms with Gasteiger partial charge in [-0.05, 0) is 157 Å². The van der Waals surface area contributed by atoms with E-state index in [9.17, 15) is 0 Å². The van der Waals surface area contributed by atoms with Crippen LogP contribution in [-0.4, -0.2) is 0 Å². The highest BCUT2D eigenvalue weighted by atomic mass is 32.2. The molecule has 0 aromatic heterocycles. The summed E-state index contributed by atoms with van der Waals surface area (Å²) in [4.78, 5) is 10.0. The molecule has 14 rings (SSSR count). The lowest BCUT2D eigenvalue weighted by Gasteiger charge is -2.36. The number of fused-ring (bicyclic) bond motifs is 15. The largest absolute Gasteiger partial charge is 0.308 e. The molecule has 0 saturated heterocycles. The maximum absolute atomic E-state index is 2.53. The Kier molecular flexibility index (Phi) is 7.15. The van der Waals surface area contributed by atoms with Crippen LogP contribution in [0.2, 0.25) is 0 Å². The number of nitrogens with zero attached hydrogens (tertiary/aromatic N) is 2. The number of hydrogen-bond donors (Lipinski definition) is 0. The molecule has 2 nitrogen and oxygen atoms in total. The normalized spacial score (nSPS) is 16.0. The molecule has 4 heteroatoms. The minimum absolute atomic E-state index is 0.365. The lowest BCUT2D eigenvalue weighted by atomic mass is 9.73. The van der Waals surface area contributed by atoms with Gasteiger partial charge in [-0.3, -0.25) is 0 Å². The molecule has 1 aliphatic carbocycles. The number of anilines is 6. The Balaban J connectivity index is 1.13. The smallest absolute Gasteiger partial charge is 0.0604 e. The molecular formula is C58H36N2S2. The second-order valence-corrected chi connectivity index (χ2v) is 19.1. The molecule has 290 valence electrons. The second-order valence-electron chi connectivity index (χ2n) is 17.0. The van der Waals surface area contributed by atoms with Crippen molar-refractivity contribution in [3.63, 3.8) is 0 Å². The highest BCUT2D eigenvalue weighted by Crippen LogP contribution is 2.59. The van der Waals surface area contributed by atoms with Gasteiger partial charge in [0.2, 0.25) is 0 Å². The predicted octanol–water partition coefficient (Wildman–Crippen LogP) is 16.8. The molecule has 0 radical (unpaired) electrons. The van der Waals surface area contributed by atoms with E-state index in [0.29, 0.717) is 0 Å². The van der Waals surface area contributed by atoms with E-state index in [-0.39, 0.29) is 5.41 Å². The van der Waals surface area contributed by atoms with Crippen LogP contribution in [0.15, 0.2) is 220 Å². The zero-order valence-electron chi connectivity index (χ0n) is 33.8. The molecule has 3 aliphatic heterocycles. The van der Waals surface area contributed by atoms with E-state index >= 15 is 0 Å². The van der Waals surface area contributed by atoms with Gasteiger partial charge in [-0.2, -0.15) is 0 Å². The average molecular weight is 825 g/mol. The summed E-state index contributed by atoms with van der Waals surface area (Å²) >= 11 is 3.73. The van der Waals surface area contributed by atoms with Gasteiger partial charge in [-0.1, -0.05) is 145 Å². The SMILES string of the molecule is CC12c3ccc4c(c3)N(c3ccc5c(-c6ccccc6)c6cc(N7c8ccccc8Sc8ccccc87)ccc6c(c5c3)-c3ccc(c1c3)-c1ccccc12)c1ccccc1S4. The summed E-state index contributed by atoms with van der Waals surface area (Å²) in [6.07, 6.45) is 0. The van der Waals surface area contributed by atoms with Crippen LogP contribution in [0.25, 0.3) is 54.9 Å². The molecule has 0 amide bonds. The summed E-state index contributed by atoms with van der Waals surface area (Å²) in [7, 11) is 0. The predicted molar refractivity (Wildman–Crippen MR) is 261 cm³/mol. The third-order valence-corrected chi connectivity index (χ3v) is 16.1. The Morgan fingerprint density at radius 2 is 0.871 bits per heavy atom. The first kappa shape index (κ1) is 34.7. The van der Waals surface area contributed by atoms with Crippen molar-refractivity contribution in [3.8, 4) is 33.4 Å². The Bertz CT molecular complexity index is 3530. The molecule has 0 saturated carbocycles. The molecular weight excluding hydrogens is 789 g/mol. The van der Waals surface area contributed by atoms with E-state index in [1.165, 1.54) is 114 Å². The lowest BCUT2D eigenvalue weighted by molar-refractivity contribution is 0.713. The molecule has 6 bridgehead atoms. The third-order valence-electron chi connectivity index (χ3n) is 13.8. The minimum Gasteiger partial charge on any atom is -0.308 e. The number of para-hydroxylation sites is 3. The first-order chi connectivity index (χ1) is 30.6. The van der Waals surface area contributed by atoms with Crippen LogP contribution in [0.4, 0.5) is 34.1 Å². The van der Waals surface area contributed by atoms with Gasteiger partial charge in [0, 0.05) is 36.4 Å². The molecule has 3 heterocycles. The first-order valence-electron chi connectivity index (χ1n) is 21.3. The van der Waals surface area contributed by atoms with Crippen LogP contribution in [0, 0.1) is 0 Å². The second kappa shape index (κ2) is 12.8. The fourth-order valence-electron chi connectivity index (χ4n) is 11.0. The molecule has 0 N–H and O–H groups in total. The fraction of sp³-hybridized carbons (Fsp3) is 0.0345. The molecule has 0 spiro atoms. The molecule has 10 aromatic rings. The fourth-order valence-corrected chi connectivity index (χ4v) is 13.1. The van der Waals surface area contributed by atoms with Gasteiger partial charge < -0.3 is 9.80 Å².